The Kier molecular flexibility index (Phi) is 11.8. The number of hydrogen-bond acceptors (Lipinski definition) is 4. The van der Waals surface area contributed by atoms with Gasteiger partial charge in [-0.1, -0.05) is 41.9 Å². The minimum absolute atomic E-state index is 0. The lowest BCUT2D eigenvalue weighted by Gasteiger charge is -2.36. The zero-order valence-corrected chi connectivity index (χ0v) is 20.4. The van der Waals surface area contributed by atoms with Crippen molar-refractivity contribution in [2.75, 3.05) is 59.5 Å². The first-order chi connectivity index (χ1) is 13.2. The van der Waals surface area contributed by atoms with E-state index in [-0.39, 0.29) is 43.3 Å². The van der Waals surface area contributed by atoms with E-state index in [1.54, 1.807) is 0 Å². The van der Waals surface area contributed by atoms with Crippen molar-refractivity contribution >= 4 is 48.8 Å². The maximum absolute atomic E-state index is 6.36. The molecule has 0 saturated carbocycles. The van der Waals surface area contributed by atoms with Crippen LogP contribution in [0.2, 0.25) is 5.02 Å². The summed E-state index contributed by atoms with van der Waals surface area (Å²) in [4.78, 5) is 7.53. The van der Waals surface area contributed by atoms with Crippen LogP contribution >= 0.6 is 48.8 Å². The second kappa shape index (κ2) is 13.0. The molecule has 0 bridgehead atoms. The molecule has 30 heavy (non-hydrogen) atoms. The fraction of sp³-hybridized carbons (Fsp3) is 0.455. The molecule has 8 heteroatoms. The van der Waals surface area contributed by atoms with Gasteiger partial charge in [-0.05, 0) is 30.8 Å². The molecular weight excluding hydrogens is 464 g/mol. The number of hydrogen-bond donors (Lipinski definition) is 0. The van der Waals surface area contributed by atoms with Crippen LogP contribution in [-0.4, -0.2) is 74.2 Å². The van der Waals surface area contributed by atoms with Crippen LogP contribution in [0.5, 0.6) is 5.75 Å². The van der Waals surface area contributed by atoms with Gasteiger partial charge < -0.3 is 9.64 Å². The summed E-state index contributed by atoms with van der Waals surface area (Å²) < 4.78 is 6.07. The minimum Gasteiger partial charge on any atom is -0.492 e. The van der Waals surface area contributed by atoms with Gasteiger partial charge in [-0.2, -0.15) is 0 Å². The van der Waals surface area contributed by atoms with Gasteiger partial charge in [0.05, 0.1) is 6.04 Å². The molecule has 2 aliphatic rings. The summed E-state index contributed by atoms with van der Waals surface area (Å²) in [7, 11) is 2.20. The Morgan fingerprint density at radius 1 is 0.900 bits per heavy atom. The minimum atomic E-state index is 0. The summed E-state index contributed by atoms with van der Waals surface area (Å²) in [5, 5.41) is 0.763. The first kappa shape index (κ1) is 27.3. The van der Waals surface area contributed by atoms with Crippen molar-refractivity contribution in [3.8, 4) is 5.75 Å². The van der Waals surface area contributed by atoms with Crippen LogP contribution in [0.25, 0.3) is 0 Å². The van der Waals surface area contributed by atoms with Gasteiger partial charge in [-0.15, -0.1) is 37.2 Å². The van der Waals surface area contributed by atoms with E-state index in [9.17, 15) is 0 Å². The zero-order chi connectivity index (χ0) is 18.6. The Labute approximate surface area is 203 Å². The molecule has 4 rings (SSSR count). The summed E-state index contributed by atoms with van der Waals surface area (Å²) in [6.07, 6.45) is 0. The highest BCUT2D eigenvalue weighted by atomic mass is 35.5. The van der Waals surface area contributed by atoms with Crippen LogP contribution in [0, 0.1) is 0 Å². The molecule has 0 radical (unpaired) electrons. The molecule has 2 aromatic rings. The first-order valence-corrected chi connectivity index (χ1v) is 10.2. The van der Waals surface area contributed by atoms with Crippen LogP contribution < -0.4 is 4.74 Å². The number of ether oxygens (including phenoxy) is 1. The Morgan fingerprint density at radius 3 is 2.30 bits per heavy atom. The van der Waals surface area contributed by atoms with E-state index in [4.69, 9.17) is 16.3 Å². The second-order valence-corrected chi connectivity index (χ2v) is 7.96. The van der Waals surface area contributed by atoms with Crippen molar-refractivity contribution in [1.82, 2.24) is 14.7 Å². The maximum atomic E-state index is 6.36. The molecule has 0 amide bonds. The average Bonchev–Trinajstić information content (AvgIpc) is 2.87. The van der Waals surface area contributed by atoms with Gasteiger partial charge in [-0.3, -0.25) is 9.80 Å². The molecule has 2 aromatic carbocycles. The highest BCUT2D eigenvalue weighted by Crippen LogP contribution is 2.38. The smallest absolute Gasteiger partial charge is 0.124 e. The fourth-order valence-electron chi connectivity index (χ4n) is 4.07. The van der Waals surface area contributed by atoms with E-state index < -0.39 is 0 Å². The van der Waals surface area contributed by atoms with Crippen LogP contribution in [-0.2, 0) is 0 Å². The largest absolute Gasteiger partial charge is 0.492 e. The molecule has 1 fully saturated rings. The lowest BCUT2D eigenvalue weighted by molar-refractivity contribution is 0.123. The van der Waals surface area contributed by atoms with Crippen molar-refractivity contribution in [1.29, 1.82) is 0 Å². The number of fused-ring (bicyclic) bond motifs is 1. The molecule has 0 spiro atoms. The molecule has 0 aromatic heterocycles. The van der Waals surface area contributed by atoms with E-state index in [0.717, 1.165) is 56.6 Å². The van der Waals surface area contributed by atoms with Gasteiger partial charge in [0.25, 0.3) is 0 Å². The zero-order valence-electron chi connectivity index (χ0n) is 17.2. The Bertz CT molecular complexity index is 757. The predicted molar refractivity (Wildman–Crippen MR) is 132 cm³/mol. The normalized spacial score (nSPS) is 19.9. The summed E-state index contributed by atoms with van der Waals surface area (Å²) in [5.41, 5.74) is 2.47. The van der Waals surface area contributed by atoms with Crippen molar-refractivity contribution < 1.29 is 4.74 Å². The number of nitrogens with zero attached hydrogens (tertiary/aromatic N) is 3. The molecule has 1 atom stereocenters. The lowest BCUT2D eigenvalue weighted by Crippen LogP contribution is -2.47. The van der Waals surface area contributed by atoms with Crippen molar-refractivity contribution in [3.63, 3.8) is 0 Å². The Hall–Kier alpha value is -0.720. The maximum Gasteiger partial charge on any atom is 0.124 e. The molecule has 1 unspecified atom stereocenters. The quantitative estimate of drug-likeness (QED) is 0.616. The molecule has 4 nitrogen and oxygen atoms in total. The standard InChI is InChI=1S/C22H28ClN3O.3ClH/c1-24-9-11-25(12-10-24)13-14-26-15-16-27-21-8-7-19(23)17-20(21)22(26)18-5-3-2-4-6-18;;;/h2-8,17,22H,9-16H2,1H3;3*1H. The molecule has 2 heterocycles. The summed E-state index contributed by atoms with van der Waals surface area (Å²) in [6, 6.07) is 16.9. The fourth-order valence-corrected chi connectivity index (χ4v) is 4.25. The summed E-state index contributed by atoms with van der Waals surface area (Å²) >= 11 is 6.36. The Morgan fingerprint density at radius 2 is 1.60 bits per heavy atom. The van der Waals surface area contributed by atoms with E-state index in [1.165, 1.54) is 11.1 Å². The number of piperazine rings is 1. The van der Waals surface area contributed by atoms with E-state index in [1.807, 2.05) is 12.1 Å². The number of rotatable bonds is 4. The molecule has 0 aliphatic carbocycles. The first-order valence-electron chi connectivity index (χ1n) is 9.83. The van der Waals surface area contributed by atoms with Crippen LogP contribution in [0.4, 0.5) is 0 Å². The number of likely N-dealkylation sites (N-methyl/N-ethyl adjacent to an activating group) is 1. The Balaban J connectivity index is 0.00000150. The predicted octanol–water partition coefficient (Wildman–Crippen LogP) is 4.64. The third kappa shape index (κ3) is 6.64. The van der Waals surface area contributed by atoms with Gasteiger partial charge in [0.1, 0.15) is 12.4 Å². The van der Waals surface area contributed by atoms with Crippen LogP contribution in [0.15, 0.2) is 48.5 Å². The van der Waals surface area contributed by atoms with Gasteiger partial charge in [0, 0.05) is 56.4 Å². The van der Waals surface area contributed by atoms with E-state index in [0.29, 0.717) is 6.61 Å². The number of benzene rings is 2. The van der Waals surface area contributed by atoms with Crippen molar-refractivity contribution in [3.05, 3.63) is 64.7 Å². The topological polar surface area (TPSA) is 19.0 Å². The molecule has 2 aliphatic heterocycles. The van der Waals surface area contributed by atoms with Crippen molar-refractivity contribution in [2.24, 2.45) is 0 Å². The van der Waals surface area contributed by atoms with Crippen molar-refractivity contribution in [2.45, 2.75) is 6.04 Å². The third-order valence-electron chi connectivity index (χ3n) is 5.68. The van der Waals surface area contributed by atoms with E-state index in [2.05, 4.69) is 58.1 Å². The monoisotopic (exact) mass is 493 g/mol. The lowest BCUT2D eigenvalue weighted by atomic mass is 9.96. The average molecular weight is 495 g/mol. The SMILES string of the molecule is CN1CCN(CCN2CCOc3ccc(Cl)cc3C2c2ccccc2)CC1.Cl.Cl.Cl. The van der Waals surface area contributed by atoms with Gasteiger partial charge >= 0.3 is 0 Å². The third-order valence-corrected chi connectivity index (χ3v) is 5.92. The summed E-state index contributed by atoms with van der Waals surface area (Å²) in [5.74, 6) is 0.954. The number of halogens is 4. The molecule has 1 saturated heterocycles. The molecular formula is C22H31Cl4N3O. The van der Waals surface area contributed by atoms with E-state index >= 15 is 0 Å². The highest BCUT2D eigenvalue weighted by molar-refractivity contribution is 6.30. The van der Waals surface area contributed by atoms with Gasteiger partial charge in [0.15, 0.2) is 0 Å². The summed E-state index contributed by atoms with van der Waals surface area (Å²) in [6.45, 7) is 8.36. The highest BCUT2D eigenvalue weighted by Gasteiger charge is 2.28. The molecule has 0 N–H and O–H groups in total. The van der Waals surface area contributed by atoms with Gasteiger partial charge in [0.2, 0.25) is 0 Å². The van der Waals surface area contributed by atoms with Gasteiger partial charge in [-0.25, -0.2) is 0 Å². The molecule has 168 valence electrons. The van der Waals surface area contributed by atoms with Crippen LogP contribution in [0.1, 0.15) is 17.2 Å². The second-order valence-electron chi connectivity index (χ2n) is 7.52. The van der Waals surface area contributed by atoms with Crippen LogP contribution in [0.3, 0.4) is 0 Å².